The molecule has 8 heteroatoms. The van der Waals surface area contributed by atoms with Crippen molar-refractivity contribution in [3.63, 3.8) is 0 Å². The second-order valence-electron chi connectivity index (χ2n) is 3.58. The first-order chi connectivity index (χ1) is 9.26. The summed E-state index contributed by atoms with van der Waals surface area (Å²) in [5.74, 6) is -0.655. The molecular weight excluding hydrogens is 315 g/mol. The molecule has 0 aliphatic rings. The number of nitriles is 1. The van der Waals surface area contributed by atoms with Crippen LogP contribution in [-0.4, -0.2) is 18.1 Å². The van der Waals surface area contributed by atoms with Crippen molar-refractivity contribution in [1.82, 2.24) is 0 Å². The molecule has 0 aromatic heterocycles. The number of alkyl halides is 3. The number of hydrogen-bond donors (Lipinski definition) is 0. The summed E-state index contributed by atoms with van der Waals surface area (Å²) < 4.78 is 42.1. The van der Waals surface area contributed by atoms with Gasteiger partial charge in [0.15, 0.2) is 0 Å². The molecule has 108 valence electrons. The van der Waals surface area contributed by atoms with Gasteiger partial charge in [0, 0.05) is 4.90 Å². The molecule has 20 heavy (non-hydrogen) atoms. The normalized spacial score (nSPS) is 11.0. The van der Waals surface area contributed by atoms with Crippen LogP contribution in [0.1, 0.15) is 18.1 Å². The summed E-state index contributed by atoms with van der Waals surface area (Å²) in [5.41, 5.74) is -4.52. The standard InChI is InChI=1S/C12H9ClF3NO2S/c1-2-19-11(18)5-7-3-9(13)8(6-17)4-10(7)20-12(14,15)16/h3-4H,2,5H2,1H3. The van der Waals surface area contributed by atoms with Crippen LogP contribution in [0.15, 0.2) is 17.0 Å². The lowest BCUT2D eigenvalue weighted by atomic mass is 10.1. The van der Waals surface area contributed by atoms with Crippen molar-refractivity contribution in [2.45, 2.75) is 23.7 Å². The van der Waals surface area contributed by atoms with Crippen molar-refractivity contribution in [1.29, 1.82) is 5.26 Å². The summed E-state index contributed by atoms with van der Waals surface area (Å²) in [7, 11) is 0. The van der Waals surface area contributed by atoms with Gasteiger partial charge in [-0.05, 0) is 36.4 Å². The molecule has 0 saturated heterocycles. The maximum Gasteiger partial charge on any atom is 0.446 e. The van der Waals surface area contributed by atoms with E-state index in [0.29, 0.717) is 0 Å². The average molecular weight is 324 g/mol. The molecule has 1 aromatic carbocycles. The number of ether oxygens (including phenoxy) is 1. The zero-order chi connectivity index (χ0) is 15.3. The number of esters is 1. The molecule has 0 bridgehead atoms. The fourth-order valence-corrected chi connectivity index (χ4v) is 2.32. The van der Waals surface area contributed by atoms with Crippen LogP contribution in [-0.2, 0) is 16.0 Å². The van der Waals surface area contributed by atoms with Crippen molar-refractivity contribution in [2.24, 2.45) is 0 Å². The van der Waals surface area contributed by atoms with E-state index in [1.54, 1.807) is 13.0 Å². The lowest BCUT2D eigenvalue weighted by Crippen LogP contribution is -2.10. The highest BCUT2D eigenvalue weighted by Gasteiger charge is 2.31. The zero-order valence-electron chi connectivity index (χ0n) is 10.3. The number of hydrogen-bond acceptors (Lipinski definition) is 4. The van der Waals surface area contributed by atoms with Gasteiger partial charge in [-0.15, -0.1) is 0 Å². The predicted octanol–water partition coefficient (Wildman–Crippen LogP) is 3.93. The molecule has 1 rings (SSSR count). The highest BCUT2D eigenvalue weighted by atomic mass is 35.5. The van der Waals surface area contributed by atoms with Gasteiger partial charge in [0.2, 0.25) is 0 Å². The van der Waals surface area contributed by atoms with Crippen molar-refractivity contribution < 1.29 is 22.7 Å². The average Bonchev–Trinajstić information content (AvgIpc) is 2.31. The summed E-state index contributed by atoms with van der Waals surface area (Å²) in [6, 6.07) is 3.91. The van der Waals surface area contributed by atoms with E-state index in [9.17, 15) is 18.0 Å². The van der Waals surface area contributed by atoms with E-state index in [-0.39, 0.29) is 34.1 Å². The third-order valence-electron chi connectivity index (χ3n) is 2.14. The van der Waals surface area contributed by atoms with Crippen LogP contribution in [0.3, 0.4) is 0 Å². The van der Waals surface area contributed by atoms with Gasteiger partial charge >= 0.3 is 11.5 Å². The minimum atomic E-state index is -4.52. The van der Waals surface area contributed by atoms with E-state index in [1.165, 1.54) is 6.07 Å². The first-order valence-electron chi connectivity index (χ1n) is 5.40. The van der Waals surface area contributed by atoms with E-state index < -0.39 is 23.2 Å². The molecule has 0 spiro atoms. The first-order valence-corrected chi connectivity index (χ1v) is 6.60. The van der Waals surface area contributed by atoms with Gasteiger partial charge in [-0.3, -0.25) is 4.79 Å². The SMILES string of the molecule is CCOC(=O)Cc1cc(Cl)c(C#N)cc1SC(F)(F)F. The summed E-state index contributed by atoms with van der Waals surface area (Å²) in [5, 5.41) is 8.78. The second-order valence-corrected chi connectivity index (χ2v) is 5.10. The lowest BCUT2D eigenvalue weighted by molar-refractivity contribution is -0.142. The van der Waals surface area contributed by atoms with E-state index in [4.69, 9.17) is 16.9 Å². The second kappa shape index (κ2) is 6.86. The molecule has 0 amide bonds. The van der Waals surface area contributed by atoms with E-state index >= 15 is 0 Å². The molecule has 1 aromatic rings. The fraction of sp³-hybridized carbons (Fsp3) is 0.333. The summed E-state index contributed by atoms with van der Waals surface area (Å²) >= 11 is 5.38. The van der Waals surface area contributed by atoms with Crippen LogP contribution in [0, 0.1) is 11.3 Å². The van der Waals surface area contributed by atoms with Gasteiger partial charge in [0.25, 0.3) is 0 Å². The maximum atomic E-state index is 12.5. The Morgan fingerprint density at radius 1 is 1.50 bits per heavy atom. The molecule has 0 unspecified atom stereocenters. The van der Waals surface area contributed by atoms with E-state index in [1.807, 2.05) is 0 Å². The number of nitrogens with zero attached hydrogens (tertiary/aromatic N) is 1. The highest BCUT2D eigenvalue weighted by Crippen LogP contribution is 2.40. The Morgan fingerprint density at radius 2 is 2.15 bits per heavy atom. The highest BCUT2D eigenvalue weighted by molar-refractivity contribution is 8.00. The third kappa shape index (κ3) is 4.94. The van der Waals surface area contributed by atoms with Crippen LogP contribution in [0.5, 0.6) is 0 Å². The molecule has 0 radical (unpaired) electrons. The molecule has 0 aliphatic carbocycles. The van der Waals surface area contributed by atoms with Crippen LogP contribution in [0.4, 0.5) is 13.2 Å². The Balaban J connectivity index is 3.16. The molecule has 0 atom stereocenters. The van der Waals surface area contributed by atoms with Gasteiger partial charge in [0.1, 0.15) is 6.07 Å². The summed E-state index contributed by atoms with van der Waals surface area (Å²) in [4.78, 5) is 11.1. The Labute approximate surface area is 122 Å². The first kappa shape index (κ1) is 16.7. The Bertz CT molecular complexity index is 555. The van der Waals surface area contributed by atoms with Crippen LogP contribution in [0.2, 0.25) is 5.02 Å². The van der Waals surface area contributed by atoms with Crippen molar-refractivity contribution in [2.75, 3.05) is 6.61 Å². The number of thioether (sulfide) groups is 1. The molecule has 0 heterocycles. The van der Waals surface area contributed by atoms with Gasteiger partial charge in [-0.1, -0.05) is 11.6 Å². The quantitative estimate of drug-likeness (QED) is 0.622. The predicted molar refractivity (Wildman–Crippen MR) is 68.4 cm³/mol. The number of benzene rings is 1. The van der Waals surface area contributed by atoms with Crippen LogP contribution >= 0.6 is 23.4 Å². The third-order valence-corrected chi connectivity index (χ3v) is 3.28. The molecule has 0 aliphatic heterocycles. The van der Waals surface area contributed by atoms with Gasteiger partial charge in [-0.25, -0.2) is 0 Å². The maximum absolute atomic E-state index is 12.5. The topological polar surface area (TPSA) is 50.1 Å². The largest absolute Gasteiger partial charge is 0.466 e. The van der Waals surface area contributed by atoms with Crippen LogP contribution in [0.25, 0.3) is 0 Å². The van der Waals surface area contributed by atoms with E-state index in [2.05, 4.69) is 4.74 Å². The Morgan fingerprint density at radius 3 is 2.65 bits per heavy atom. The minimum Gasteiger partial charge on any atom is -0.466 e. The Hall–Kier alpha value is -1.39. The number of carbonyl (C=O) groups excluding carboxylic acids is 1. The smallest absolute Gasteiger partial charge is 0.446 e. The zero-order valence-corrected chi connectivity index (χ0v) is 11.8. The number of carbonyl (C=O) groups is 1. The molecule has 3 nitrogen and oxygen atoms in total. The molecule has 0 N–H and O–H groups in total. The van der Waals surface area contributed by atoms with Gasteiger partial charge in [-0.2, -0.15) is 18.4 Å². The fourth-order valence-electron chi connectivity index (χ4n) is 1.41. The monoisotopic (exact) mass is 323 g/mol. The Kier molecular flexibility index (Phi) is 5.72. The molecule has 0 fully saturated rings. The summed E-state index contributed by atoms with van der Waals surface area (Å²) in [6.45, 7) is 1.72. The van der Waals surface area contributed by atoms with Crippen molar-refractivity contribution >= 4 is 29.3 Å². The van der Waals surface area contributed by atoms with Crippen molar-refractivity contribution in [3.8, 4) is 6.07 Å². The number of rotatable bonds is 4. The minimum absolute atomic E-state index is 0.00155. The molecule has 0 saturated carbocycles. The van der Waals surface area contributed by atoms with Crippen LogP contribution < -0.4 is 0 Å². The van der Waals surface area contributed by atoms with Gasteiger partial charge < -0.3 is 4.74 Å². The van der Waals surface area contributed by atoms with Gasteiger partial charge in [0.05, 0.1) is 23.6 Å². The van der Waals surface area contributed by atoms with Crippen molar-refractivity contribution in [3.05, 3.63) is 28.3 Å². The summed E-state index contributed by atoms with van der Waals surface area (Å²) in [6.07, 6.45) is -0.336. The van der Waals surface area contributed by atoms with E-state index in [0.717, 1.165) is 6.07 Å². The molecular formula is C12H9ClF3NO2S. The lowest BCUT2D eigenvalue weighted by Gasteiger charge is -2.12. The number of halogens is 4.